The number of hydrogen-bond acceptors (Lipinski definition) is 4. The predicted octanol–water partition coefficient (Wildman–Crippen LogP) is 4.73. The van der Waals surface area contributed by atoms with Crippen LogP contribution in [-0.4, -0.2) is 24.5 Å². The lowest BCUT2D eigenvalue weighted by atomic mass is 9.97. The van der Waals surface area contributed by atoms with E-state index in [2.05, 4.69) is 5.10 Å². The van der Waals surface area contributed by atoms with Gasteiger partial charge in [-0.3, -0.25) is 4.79 Å². The number of hydrogen-bond donors (Lipinski definition) is 0. The van der Waals surface area contributed by atoms with E-state index in [1.54, 1.807) is 30.5 Å². The molecular formula is C25H21FN2O3S. The average molecular weight is 449 g/mol. The first kappa shape index (κ1) is 21.6. The Balaban J connectivity index is 1.97. The molecule has 0 saturated heterocycles. The maximum atomic E-state index is 13.6. The monoisotopic (exact) mass is 448 g/mol. The summed E-state index contributed by atoms with van der Waals surface area (Å²) in [7, 11) is -3.35. The molecule has 0 amide bonds. The summed E-state index contributed by atoms with van der Waals surface area (Å²) in [5.41, 5.74) is 4.33. The number of sulfone groups is 1. The molecule has 162 valence electrons. The molecule has 1 heterocycles. The molecule has 0 bridgehead atoms. The summed E-state index contributed by atoms with van der Waals surface area (Å²) in [6, 6.07) is 17.7. The Kier molecular flexibility index (Phi) is 5.52. The van der Waals surface area contributed by atoms with E-state index in [-0.39, 0.29) is 10.5 Å². The van der Waals surface area contributed by atoms with Gasteiger partial charge in [0.05, 0.1) is 22.3 Å². The third-order valence-electron chi connectivity index (χ3n) is 5.28. The standard InChI is InChI=1S/C25H21FN2O3S/c1-16-4-13-23(17(2)14-16)28-25(29)24(19-5-9-20(26)10-6-19)22(15-27-28)18-7-11-21(12-8-18)32(3,30)31/h4-15H,1-3H3. The minimum atomic E-state index is -3.35. The fourth-order valence-corrected chi connectivity index (χ4v) is 4.29. The molecule has 0 atom stereocenters. The molecule has 0 unspecified atom stereocenters. The fourth-order valence-electron chi connectivity index (χ4n) is 3.66. The quantitative estimate of drug-likeness (QED) is 0.453. The SMILES string of the molecule is Cc1ccc(-n2ncc(-c3ccc(S(C)(=O)=O)cc3)c(-c3ccc(F)cc3)c2=O)c(C)c1. The van der Waals surface area contributed by atoms with Gasteiger partial charge >= 0.3 is 0 Å². The topological polar surface area (TPSA) is 69.0 Å². The molecule has 0 fully saturated rings. The number of rotatable bonds is 4. The Bertz CT molecular complexity index is 1470. The van der Waals surface area contributed by atoms with Gasteiger partial charge in [0.2, 0.25) is 0 Å². The van der Waals surface area contributed by atoms with E-state index in [4.69, 9.17) is 0 Å². The van der Waals surface area contributed by atoms with Crippen LogP contribution in [0.1, 0.15) is 11.1 Å². The first-order chi connectivity index (χ1) is 15.1. The van der Waals surface area contributed by atoms with Crippen molar-refractivity contribution in [2.45, 2.75) is 18.7 Å². The molecule has 32 heavy (non-hydrogen) atoms. The molecule has 1 aromatic heterocycles. The first-order valence-corrected chi connectivity index (χ1v) is 11.8. The van der Waals surface area contributed by atoms with Crippen LogP contribution in [0.25, 0.3) is 27.9 Å². The zero-order chi connectivity index (χ0) is 23.0. The average Bonchev–Trinajstić information content (AvgIpc) is 2.74. The molecule has 5 nitrogen and oxygen atoms in total. The van der Waals surface area contributed by atoms with Crippen LogP contribution in [0, 0.1) is 19.7 Å². The Morgan fingerprint density at radius 3 is 2.09 bits per heavy atom. The number of nitrogens with zero attached hydrogens (tertiary/aromatic N) is 2. The van der Waals surface area contributed by atoms with Crippen molar-refractivity contribution in [2.75, 3.05) is 6.26 Å². The summed E-state index contributed by atoms with van der Waals surface area (Å²) < 4.78 is 38.5. The van der Waals surface area contributed by atoms with Crippen LogP contribution in [0.15, 0.2) is 82.6 Å². The molecule has 0 N–H and O–H groups in total. The number of halogens is 1. The molecule has 0 aliphatic rings. The van der Waals surface area contributed by atoms with Gasteiger partial charge in [-0.25, -0.2) is 12.8 Å². The summed E-state index contributed by atoms with van der Waals surface area (Å²) in [6.45, 7) is 3.88. The summed E-state index contributed by atoms with van der Waals surface area (Å²) in [5, 5.41) is 4.40. The van der Waals surface area contributed by atoms with E-state index in [0.29, 0.717) is 27.9 Å². The highest BCUT2D eigenvalue weighted by molar-refractivity contribution is 7.90. The molecular weight excluding hydrogens is 427 g/mol. The summed E-state index contributed by atoms with van der Waals surface area (Å²) in [6.07, 6.45) is 2.72. The maximum Gasteiger partial charge on any atom is 0.280 e. The van der Waals surface area contributed by atoms with Gasteiger partial charge in [0.15, 0.2) is 9.84 Å². The lowest BCUT2D eigenvalue weighted by molar-refractivity contribution is 0.602. The van der Waals surface area contributed by atoms with Crippen LogP contribution >= 0.6 is 0 Å². The second-order valence-electron chi connectivity index (χ2n) is 7.74. The minimum absolute atomic E-state index is 0.182. The van der Waals surface area contributed by atoms with Gasteiger partial charge < -0.3 is 0 Å². The van der Waals surface area contributed by atoms with Crippen LogP contribution < -0.4 is 5.56 Å². The van der Waals surface area contributed by atoms with Crippen molar-refractivity contribution in [1.29, 1.82) is 0 Å². The molecule has 4 rings (SSSR count). The second kappa shape index (κ2) is 8.16. The Hall–Kier alpha value is -3.58. The van der Waals surface area contributed by atoms with Crippen LogP contribution in [0.5, 0.6) is 0 Å². The summed E-state index contributed by atoms with van der Waals surface area (Å²) >= 11 is 0. The van der Waals surface area contributed by atoms with Crippen molar-refractivity contribution in [1.82, 2.24) is 9.78 Å². The van der Waals surface area contributed by atoms with Crippen molar-refractivity contribution in [2.24, 2.45) is 0 Å². The maximum absolute atomic E-state index is 13.6. The smallest absolute Gasteiger partial charge is 0.267 e. The first-order valence-electron chi connectivity index (χ1n) is 9.91. The van der Waals surface area contributed by atoms with E-state index in [9.17, 15) is 17.6 Å². The normalized spacial score (nSPS) is 11.5. The molecule has 0 aliphatic carbocycles. The van der Waals surface area contributed by atoms with E-state index in [1.165, 1.54) is 28.9 Å². The third-order valence-corrected chi connectivity index (χ3v) is 6.41. The highest BCUT2D eigenvalue weighted by Crippen LogP contribution is 2.30. The van der Waals surface area contributed by atoms with E-state index in [1.807, 2.05) is 32.0 Å². The van der Waals surface area contributed by atoms with E-state index < -0.39 is 15.7 Å². The highest BCUT2D eigenvalue weighted by Gasteiger charge is 2.18. The Morgan fingerprint density at radius 1 is 0.875 bits per heavy atom. The molecule has 0 radical (unpaired) electrons. The Morgan fingerprint density at radius 2 is 1.50 bits per heavy atom. The van der Waals surface area contributed by atoms with Gasteiger partial charge in [0.25, 0.3) is 5.56 Å². The fraction of sp³-hybridized carbons (Fsp3) is 0.120. The largest absolute Gasteiger partial charge is 0.280 e. The number of aryl methyl sites for hydroxylation is 2. The number of aromatic nitrogens is 2. The van der Waals surface area contributed by atoms with Crippen LogP contribution in [-0.2, 0) is 9.84 Å². The third kappa shape index (κ3) is 4.11. The van der Waals surface area contributed by atoms with E-state index in [0.717, 1.165) is 17.4 Å². The van der Waals surface area contributed by atoms with Crippen molar-refractivity contribution >= 4 is 9.84 Å². The lowest BCUT2D eigenvalue weighted by Crippen LogP contribution is -2.24. The number of benzene rings is 3. The molecule has 7 heteroatoms. The van der Waals surface area contributed by atoms with Gasteiger partial charge in [0, 0.05) is 11.8 Å². The van der Waals surface area contributed by atoms with Gasteiger partial charge in [-0.05, 0) is 60.9 Å². The highest BCUT2D eigenvalue weighted by atomic mass is 32.2. The molecule has 4 aromatic rings. The van der Waals surface area contributed by atoms with Crippen molar-refractivity contribution < 1.29 is 12.8 Å². The zero-order valence-electron chi connectivity index (χ0n) is 17.8. The summed E-state index contributed by atoms with van der Waals surface area (Å²) in [5.74, 6) is -0.406. The van der Waals surface area contributed by atoms with Crippen molar-refractivity contribution in [3.05, 3.63) is 100 Å². The zero-order valence-corrected chi connectivity index (χ0v) is 18.7. The molecule has 0 spiro atoms. The van der Waals surface area contributed by atoms with Gasteiger partial charge in [-0.1, -0.05) is 42.0 Å². The minimum Gasteiger partial charge on any atom is -0.267 e. The molecule has 3 aromatic carbocycles. The molecule has 0 saturated carbocycles. The van der Waals surface area contributed by atoms with Gasteiger partial charge in [-0.2, -0.15) is 9.78 Å². The van der Waals surface area contributed by atoms with E-state index >= 15 is 0 Å². The van der Waals surface area contributed by atoms with Gasteiger partial charge in [0.1, 0.15) is 5.82 Å². The molecule has 0 aliphatic heterocycles. The van der Waals surface area contributed by atoms with Crippen LogP contribution in [0.3, 0.4) is 0 Å². The Labute approximate surface area is 185 Å². The van der Waals surface area contributed by atoms with Gasteiger partial charge in [-0.15, -0.1) is 0 Å². The van der Waals surface area contributed by atoms with Crippen LogP contribution in [0.4, 0.5) is 4.39 Å². The van der Waals surface area contributed by atoms with Crippen LogP contribution in [0.2, 0.25) is 0 Å². The predicted molar refractivity (Wildman–Crippen MR) is 123 cm³/mol. The van der Waals surface area contributed by atoms with Crippen molar-refractivity contribution in [3.8, 4) is 27.9 Å². The summed E-state index contributed by atoms with van der Waals surface area (Å²) in [4.78, 5) is 13.8. The lowest BCUT2D eigenvalue weighted by Gasteiger charge is -2.14. The second-order valence-corrected chi connectivity index (χ2v) is 9.76. The van der Waals surface area contributed by atoms with Crippen molar-refractivity contribution in [3.63, 3.8) is 0 Å².